The highest BCUT2D eigenvalue weighted by Gasteiger charge is 2.27. The number of unbranched alkanes of at least 4 members (excludes halogenated alkanes) is 4. The van der Waals surface area contributed by atoms with Crippen LogP contribution in [0.25, 0.3) is 0 Å². The predicted octanol–water partition coefficient (Wildman–Crippen LogP) is -0.976. The highest BCUT2D eigenvalue weighted by atomic mass is 16.4. The second-order valence-electron chi connectivity index (χ2n) is 13.6. The number of amides is 2. The van der Waals surface area contributed by atoms with Gasteiger partial charge in [-0.15, -0.1) is 0 Å². The zero-order chi connectivity index (χ0) is 37.4. The van der Waals surface area contributed by atoms with Crippen LogP contribution in [-0.2, 0) is 28.8 Å². The molecule has 17 nitrogen and oxygen atoms in total. The highest BCUT2D eigenvalue weighted by molar-refractivity contribution is 5.78. The monoisotopic (exact) mass is 726 g/mol. The van der Waals surface area contributed by atoms with Crippen LogP contribution in [0, 0.1) is 0 Å². The SMILES string of the molecule is CCCCCNC(=O)CCCCCNC(=O)CN1CCC(NC(C=O)N2CCN(CC(=O)O)CCN(CC(=O)O)CCN(CC(=O)O)CC2)CC1. The first-order valence-electron chi connectivity index (χ1n) is 18.5. The first-order valence-corrected chi connectivity index (χ1v) is 18.5. The molecule has 2 amide bonds. The van der Waals surface area contributed by atoms with Gasteiger partial charge >= 0.3 is 17.9 Å². The molecule has 0 spiro atoms. The van der Waals surface area contributed by atoms with Crippen molar-refractivity contribution in [3.63, 3.8) is 0 Å². The number of nitrogens with zero attached hydrogens (tertiary/aromatic N) is 5. The van der Waals surface area contributed by atoms with Crippen LogP contribution in [0.2, 0.25) is 0 Å². The Morgan fingerprint density at radius 2 is 1.06 bits per heavy atom. The number of carbonyl (C=O) groups is 6. The van der Waals surface area contributed by atoms with Gasteiger partial charge < -0.3 is 30.7 Å². The van der Waals surface area contributed by atoms with Crippen molar-refractivity contribution in [2.45, 2.75) is 76.9 Å². The zero-order valence-corrected chi connectivity index (χ0v) is 30.4. The van der Waals surface area contributed by atoms with Gasteiger partial charge in [0, 0.05) is 91.0 Å². The molecule has 0 aromatic carbocycles. The van der Waals surface area contributed by atoms with Crippen LogP contribution in [0.1, 0.15) is 64.7 Å². The van der Waals surface area contributed by atoms with E-state index in [-0.39, 0.29) is 37.5 Å². The number of carboxylic acids is 3. The van der Waals surface area contributed by atoms with Gasteiger partial charge in [-0.2, -0.15) is 0 Å². The van der Waals surface area contributed by atoms with Gasteiger partial charge in [-0.3, -0.25) is 53.8 Å². The molecule has 2 fully saturated rings. The number of hydrogen-bond acceptors (Lipinski definition) is 12. The lowest BCUT2D eigenvalue weighted by Crippen LogP contribution is -2.57. The van der Waals surface area contributed by atoms with E-state index in [1.807, 2.05) is 4.90 Å². The summed E-state index contributed by atoms with van der Waals surface area (Å²) in [6.45, 7) is 6.89. The van der Waals surface area contributed by atoms with Gasteiger partial charge in [0.25, 0.3) is 0 Å². The summed E-state index contributed by atoms with van der Waals surface area (Å²) in [5.41, 5.74) is 0. The topological polar surface area (TPSA) is 215 Å². The Hall–Kier alpha value is -3.22. The third-order valence-corrected chi connectivity index (χ3v) is 9.34. The highest BCUT2D eigenvalue weighted by Crippen LogP contribution is 2.12. The average molecular weight is 727 g/mol. The van der Waals surface area contributed by atoms with Gasteiger partial charge in [0.15, 0.2) is 6.29 Å². The molecule has 6 N–H and O–H groups in total. The van der Waals surface area contributed by atoms with Crippen molar-refractivity contribution >= 4 is 36.0 Å². The third-order valence-electron chi connectivity index (χ3n) is 9.34. The summed E-state index contributed by atoms with van der Waals surface area (Å²) in [6, 6.07) is 0.0135. The lowest BCUT2D eigenvalue weighted by atomic mass is 10.0. The Morgan fingerprint density at radius 3 is 1.53 bits per heavy atom. The maximum atomic E-state index is 12.6. The summed E-state index contributed by atoms with van der Waals surface area (Å²) < 4.78 is 0. The average Bonchev–Trinajstić information content (AvgIpc) is 3.07. The smallest absolute Gasteiger partial charge is 0.317 e. The first kappa shape index (κ1) is 43.9. The number of carbonyl (C=O) groups excluding carboxylic acids is 3. The number of aldehydes is 1. The summed E-state index contributed by atoms with van der Waals surface area (Å²) in [6.07, 6.45) is 7.83. The second kappa shape index (κ2) is 25.7. The predicted molar refractivity (Wildman–Crippen MR) is 190 cm³/mol. The fourth-order valence-electron chi connectivity index (χ4n) is 6.37. The molecule has 0 radical (unpaired) electrons. The van der Waals surface area contributed by atoms with Crippen LogP contribution in [0.4, 0.5) is 0 Å². The van der Waals surface area contributed by atoms with E-state index in [0.717, 1.165) is 64.2 Å². The van der Waals surface area contributed by atoms with Gasteiger partial charge in [-0.25, -0.2) is 0 Å². The van der Waals surface area contributed by atoms with E-state index in [9.17, 15) is 44.1 Å². The lowest BCUT2D eigenvalue weighted by Gasteiger charge is -2.38. The normalized spacial score (nSPS) is 19.0. The van der Waals surface area contributed by atoms with Crippen molar-refractivity contribution in [1.82, 2.24) is 40.4 Å². The minimum absolute atomic E-state index is 0.0135. The van der Waals surface area contributed by atoms with Crippen LogP contribution in [0.15, 0.2) is 0 Å². The Balaban J connectivity index is 1.84. The van der Waals surface area contributed by atoms with Crippen molar-refractivity contribution in [3.05, 3.63) is 0 Å². The Kier molecular flexibility index (Phi) is 22.1. The van der Waals surface area contributed by atoms with Crippen molar-refractivity contribution in [1.29, 1.82) is 0 Å². The van der Waals surface area contributed by atoms with Crippen molar-refractivity contribution in [2.24, 2.45) is 0 Å². The van der Waals surface area contributed by atoms with Crippen LogP contribution in [0.5, 0.6) is 0 Å². The van der Waals surface area contributed by atoms with Crippen LogP contribution in [0.3, 0.4) is 0 Å². The first-order chi connectivity index (χ1) is 24.5. The molecule has 2 aliphatic rings. The number of rotatable bonds is 22. The van der Waals surface area contributed by atoms with Gasteiger partial charge in [0.1, 0.15) is 6.17 Å². The van der Waals surface area contributed by atoms with Crippen LogP contribution < -0.4 is 16.0 Å². The molecule has 1 unspecified atom stereocenters. The molecule has 2 rings (SSSR count). The second-order valence-corrected chi connectivity index (χ2v) is 13.6. The molecule has 0 aliphatic carbocycles. The van der Waals surface area contributed by atoms with E-state index in [1.165, 1.54) is 0 Å². The lowest BCUT2D eigenvalue weighted by molar-refractivity contribution is -0.140. The van der Waals surface area contributed by atoms with Crippen molar-refractivity contribution < 1.29 is 44.1 Å². The fourth-order valence-corrected chi connectivity index (χ4v) is 6.37. The molecular weight excluding hydrogens is 664 g/mol. The molecule has 1 atom stereocenters. The molecular formula is C34H62N8O9. The summed E-state index contributed by atoms with van der Waals surface area (Å²) in [5, 5.41) is 37.7. The minimum Gasteiger partial charge on any atom is -0.480 e. The molecule has 51 heavy (non-hydrogen) atoms. The molecule has 2 saturated heterocycles. The van der Waals surface area contributed by atoms with Gasteiger partial charge in [0.05, 0.1) is 26.2 Å². The fraction of sp³-hybridized carbons (Fsp3) is 0.824. The number of piperidine rings is 1. The molecule has 292 valence electrons. The Morgan fingerprint density at radius 1 is 0.608 bits per heavy atom. The van der Waals surface area contributed by atoms with Gasteiger partial charge in [0.2, 0.25) is 11.8 Å². The molecule has 0 saturated carbocycles. The van der Waals surface area contributed by atoms with E-state index in [0.29, 0.717) is 85.0 Å². The van der Waals surface area contributed by atoms with Crippen molar-refractivity contribution in [2.75, 3.05) is 105 Å². The van der Waals surface area contributed by atoms with Gasteiger partial charge in [-0.05, 0) is 32.1 Å². The number of likely N-dealkylation sites (tertiary alicyclic amines) is 1. The molecule has 2 heterocycles. The molecule has 0 aromatic rings. The van der Waals surface area contributed by atoms with E-state index < -0.39 is 24.1 Å². The van der Waals surface area contributed by atoms with E-state index in [2.05, 4.69) is 27.8 Å². The van der Waals surface area contributed by atoms with E-state index in [4.69, 9.17) is 0 Å². The molecule has 0 aromatic heterocycles. The van der Waals surface area contributed by atoms with Crippen molar-refractivity contribution in [3.8, 4) is 0 Å². The van der Waals surface area contributed by atoms with Crippen LogP contribution in [-0.4, -0.2) is 193 Å². The van der Waals surface area contributed by atoms with E-state index in [1.54, 1.807) is 14.7 Å². The summed E-state index contributed by atoms with van der Waals surface area (Å²) in [7, 11) is 0. The third kappa shape index (κ3) is 20.4. The zero-order valence-electron chi connectivity index (χ0n) is 30.4. The largest absolute Gasteiger partial charge is 0.480 e. The quantitative estimate of drug-likeness (QED) is 0.0585. The standard InChI is InChI=1S/C34H62N8O9/c1-2-3-6-11-35-30(44)8-5-4-7-12-36-31(45)23-38-13-9-28(10-14-38)37-29(27-43)42-21-19-40(25-33(48)49)17-15-39(24-32(46)47)16-18-41(20-22-42)26-34(50)51/h27-29,37H,2-26H2,1H3,(H,35,44)(H,36,45)(H,46,47)(H,48,49)(H,50,51). The number of aliphatic carboxylic acids is 3. The van der Waals surface area contributed by atoms with E-state index >= 15 is 0 Å². The molecule has 2 aliphatic heterocycles. The summed E-state index contributed by atoms with van der Waals surface area (Å²) in [5.74, 6) is -2.99. The molecule has 0 bridgehead atoms. The molecule has 17 heteroatoms. The number of hydrogen-bond donors (Lipinski definition) is 6. The summed E-state index contributed by atoms with van der Waals surface area (Å²) in [4.78, 5) is 80.6. The Labute approximate surface area is 302 Å². The Bertz CT molecular complexity index is 1040. The van der Waals surface area contributed by atoms with Gasteiger partial charge in [-0.1, -0.05) is 26.2 Å². The summed E-state index contributed by atoms with van der Waals surface area (Å²) >= 11 is 0. The minimum atomic E-state index is -1.02. The maximum Gasteiger partial charge on any atom is 0.317 e. The number of carboxylic acid groups (broad SMARTS) is 3. The van der Waals surface area contributed by atoms with Crippen LogP contribution >= 0.6 is 0 Å². The maximum absolute atomic E-state index is 12.6. The number of nitrogens with one attached hydrogen (secondary N) is 3.